The van der Waals surface area contributed by atoms with E-state index in [0.29, 0.717) is 5.54 Å². The van der Waals surface area contributed by atoms with Gasteiger partial charge < -0.3 is 5.73 Å². The maximum Gasteiger partial charge on any atom is 0.0455 e. The number of hydrogen-bond donors (Lipinski definition) is 1. The molecule has 0 bridgehead atoms. The standard InChI is InChI=1S/C13H26N2S/c1-3-12-4-7-15(8-5-12)13(10-14)6-9-16-11(13)2/h11-12H,3-10,14H2,1-2H3. The summed E-state index contributed by atoms with van der Waals surface area (Å²) in [6.07, 6.45) is 5.42. The van der Waals surface area contributed by atoms with Gasteiger partial charge in [-0.1, -0.05) is 20.3 Å². The van der Waals surface area contributed by atoms with Crippen molar-refractivity contribution in [1.29, 1.82) is 0 Å². The van der Waals surface area contributed by atoms with Gasteiger partial charge in [0.1, 0.15) is 0 Å². The first-order valence-corrected chi connectivity index (χ1v) is 7.84. The van der Waals surface area contributed by atoms with Gasteiger partial charge >= 0.3 is 0 Å². The van der Waals surface area contributed by atoms with Gasteiger partial charge in [0.25, 0.3) is 0 Å². The predicted molar refractivity (Wildman–Crippen MR) is 72.9 cm³/mol. The molecule has 2 N–H and O–H groups in total. The third-order valence-corrected chi connectivity index (χ3v) is 6.21. The lowest BCUT2D eigenvalue weighted by molar-refractivity contribution is 0.0571. The summed E-state index contributed by atoms with van der Waals surface area (Å²) in [4.78, 5) is 2.71. The van der Waals surface area contributed by atoms with Crippen molar-refractivity contribution in [3.8, 4) is 0 Å². The van der Waals surface area contributed by atoms with Crippen molar-refractivity contribution in [1.82, 2.24) is 4.90 Å². The summed E-state index contributed by atoms with van der Waals surface area (Å²) in [5.74, 6) is 2.27. The van der Waals surface area contributed by atoms with Crippen LogP contribution in [0, 0.1) is 5.92 Å². The molecule has 2 aliphatic heterocycles. The molecule has 2 nitrogen and oxygen atoms in total. The topological polar surface area (TPSA) is 29.3 Å². The fourth-order valence-electron chi connectivity index (χ4n) is 3.37. The summed E-state index contributed by atoms with van der Waals surface area (Å²) in [6.45, 7) is 8.10. The lowest BCUT2D eigenvalue weighted by atomic mass is 9.85. The largest absolute Gasteiger partial charge is 0.329 e. The first-order valence-electron chi connectivity index (χ1n) is 6.79. The highest BCUT2D eigenvalue weighted by Crippen LogP contribution is 2.41. The van der Waals surface area contributed by atoms with Gasteiger partial charge in [0.2, 0.25) is 0 Å². The van der Waals surface area contributed by atoms with Gasteiger partial charge in [-0.2, -0.15) is 11.8 Å². The molecule has 3 heteroatoms. The van der Waals surface area contributed by atoms with E-state index in [9.17, 15) is 0 Å². The van der Waals surface area contributed by atoms with Crippen LogP contribution in [0.4, 0.5) is 0 Å². The average Bonchev–Trinajstić information content (AvgIpc) is 2.72. The van der Waals surface area contributed by atoms with Crippen LogP contribution in [0.5, 0.6) is 0 Å². The SMILES string of the molecule is CCC1CCN(C2(CN)CCSC2C)CC1. The minimum atomic E-state index is 0.323. The molecule has 2 heterocycles. The van der Waals surface area contributed by atoms with Crippen LogP contribution in [0.25, 0.3) is 0 Å². The van der Waals surface area contributed by atoms with Crippen molar-refractivity contribution in [2.24, 2.45) is 11.7 Å². The molecule has 2 atom stereocenters. The number of hydrogen-bond acceptors (Lipinski definition) is 3. The van der Waals surface area contributed by atoms with Gasteiger partial charge in [-0.15, -0.1) is 0 Å². The molecule has 0 aliphatic carbocycles. The predicted octanol–water partition coefficient (Wildman–Crippen LogP) is 2.33. The molecule has 2 fully saturated rings. The normalized spacial score (nSPS) is 38.1. The van der Waals surface area contributed by atoms with E-state index in [4.69, 9.17) is 5.73 Å². The molecule has 0 aromatic carbocycles. The quantitative estimate of drug-likeness (QED) is 0.823. The Labute approximate surface area is 104 Å². The Balaban J connectivity index is 2.00. The Morgan fingerprint density at radius 3 is 2.50 bits per heavy atom. The lowest BCUT2D eigenvalue weighted by Gasteiger charge is -2.46. The summed E-state index contributed by atoms with van der Waals surface area (Å²) < 4.78 is 0. The van der Waals surface area contributed by atoms with Gasteiger partial charge in [-0.05, 0) is 44.0 Å². The van der Waals surface area contributed by atoms with E-state index in [-0.39, 0.29) is 0 Å². The van der Waals surface area contributed by atoms with Crippen LogP contribution >= 0.6 is 11.8 Å². The second kappa shape index (κ2) is 5.28. The molecule has 2 aliphatic rings. The molecule has 2 rings (SSSR count). The molecular formula is C13H26N2S. The van der Waals surface area contributed by atoms with Crippen molar-refractivity contribution in [3.05, 3.63) is 0 Å². The minimum Gasteiger partial charge on any atom is -0.329 e. The number of nitrogens with two attached hydrogens (primary N) is 1. The monoisotopic (exact) mass is 242 g/mol. The number of thioether (sulfide) groups is 1. The van der Waals surface area contributed by atoms with E-state index in [0.717, 1.165) is 17.7 Å². The second-order valence-electron chi connectivity index (χ2n) is 5.41. The van der Waals surface area contributed by atoms with Gasteiger partial charge in [0, 0.05) is 17.3 Å². The summed E-state index contributed by atoms with van der Waals surface area (Å²) in [5.41, 5.74) is 6.42. The van der Waals surface area contributed by atoms with Gasteiger partial charge in [0.05, 0.1) is 0 Å². The summed E-state index contributed by atoms with van der Waals surface area (Å²) >= 11 is 2.11. The lowest BCUT2D eigenvalue weighted by Crippen LogP contribution is -2.59. The van der Waals surface area contributed by atoms with E-state index in [1.807, 2.05) is 0 Å². The van der Waals surface area contributed by atoms with E-state index in [2.05, 4.69) is 30.5 Å². The van der Waals surface area contributed by atoms with Crippen LogP contribution in [-0.2, 0) is 0 Å². The summed E-state index contributed by atoms with van der Waals surface area (Å²) in [5, 5.41) is 0.718. The number of nitrogens with zero attached hydrogens (tertiary/aromatic N) is 1. The maximum atomic E-state index is 6.10. The highest BCUT2D eigenvalue weighted by Gasteiger charge is 2.45. The second-order valence-corrected chi connectivity index (χ2v) is 6.86. The molecule has 0 radical (unpaired) electrons. The number of likely N-dealkylation sites (tertiary alicyclic amines) is 1. The maximum absolute atomic E-state index is 6.10. The Bertz CT molecular complexity index is 226. The average molecular weight is 242 g/mol. The van der Waals surface area contributed by atoms with Crippen LogP contribution in [-0.4, -0.2) is 41.1 Å². The third kappa shape index (κ3) is 2.14. The van der Waals surface area contributed by atoms with E-state index >= 15 is 0 Å². The van der Waals surface area contributed by atoms with Crippen molar-refractivity contribution < 1.29 is 0 Å². The fraction of sp³-hybridized carbons (Fsp3) is 1.00. The molecule has 94 valence electrons. The zero-order valence-electron chi connectivity index (χ0n) is 10.7. The van der Waals surface area contributed by atoms with Gasteiger partial charge in [-0.25, -0.2) is 0 Å². The van der Waals surface area contributed by atoms with E-state index in [1.165, 1.54) is 44.5 Å². The fourth-order valence-corrected chi connectivity index (χ4v) is 4.87. The Morgan fingerprint density at radius 1 is 1.38 bits per heavy atom. The highest BCUT2D eigenvalue weighted by molar-refractivity contribution is 8.00. The smallest absolute Gasteiger partial charge is 0.0455 e. The Kier molecular flexibility index (Phi) is 4.20. The van der Waals surface area contributed by atoms with Crippen molar-refractivity contribution in [3.63, 3.8) is 0 Å². The number of piperidine rings is 1. The van der Waals surface area contributed by atoms with Gasteiger partial charge in [-0.3, -0.25) is 4.90 Å². The molecule has 2 saturated heterocycles. The van der Waals surface area contributed by atoms with Crippen LogP contribution in [0.1, 0.15) is 39.5 Å². The van der Waals surface area contributed by atoms with E-state index < -0.39 is 0 Å². The first kappa shape index (κ1) is 12.7. The molecule has 0 spiro atoms. The molecule has 0 aromatic heterocycles. The minimum absolute atomic E-state index is 0.323. The zero-order chi connectivity index (χ0) is 11.6. The third-order valence-electron chi connectivity index (χ3n) is 4.83. The van der Waals surface area contributed by atoms with Crippen LogP contribution in [0.2, 0.25) is 0 Å². The van der Waals surface area contributed by atoms with Crippen molar-refractivity contribution in [2.45, 2.75) is 50.3 Å². The Hall–Kier alpha value is 0.270. The van der Waals surface area contributed by atoms with Crippen LogP contribution in [0.3, 0.4) is 0 Å². The van der Waals surface area contributed by atoms with E-state index in [1.54, 1.807) is 0 Å². The highest BCUT2D eigenvalue weighted by atomic mass is 32.2. The molecule has 0 aromatic rings. The van der Waals surface area contributed by atoms with Crippen molar-refractivity contribution in [2.75, 3.05) is 25.4 Å². The molecule has 2 unspecified atom stereocenters. The first-order chi connectivity index (χ1) is 7.73. The number of rotatable bonds is 3. The van der Waals surface area contributed by atoms with Crippen molar-refractivity contribution >= 4 is 11.8 Å². The van der Waals surface area contributed by atoms with Crippen LogP contribution in [0.15, 0.2) is 0 Å². The van der Waals surface area contributed by atoms with Crippen LogP contribution < -0.4 is 5.73 Å². The Morgan fingerprint density at radius 2 is 2.06 bits per heavy atom. The zero-order valence-corrected chi connectivity index (χ0v) is 11.6. The summed E-state index contributed by atoms with van der Waals surface area (Å²) in [7, 11) is 0. The van der Waals surface area contributed by atoms with Gasteiger partial charge in [0.15, 0.2) is 0 Å². The molecule has 0 amide bonds. The molecule has 16 heavy (non-hydrogen) atoms. The molecule has 0 saturated carbocycles. The summed E-state index contributed by atoms with van der Waals surface area (Å²) in [6, 6.07) is 0. The molecular weight excluding hydrogens is 216 g/mol.